The molecule has 112 valence electrons. The van der Waals surface area contributed by atoms with E-state index in [1.807, 2.05) is 7.05 Å². The molecule has 0 aliphatic carbocycles. The molecule has 0 saturated heterocycles. The lowest BCUT2D eigenvalue weighted by Gasteiger charge is -2.19. The minimum absolute atomic E-state index is 0.157. The Labute approximate surface area is 131 Å². The summed E-state index contributed by atoms with van der Waals surface area (Å²) < 4.78 is 14.2. The van der Waals surface area contributed by atoms with E-state index in [-0.39, 0.29) is 16.9 Å². The maximum Gasteiger partial charge on any atom is 0.146 e. The Morgan fingerprint density at radius 1 is 1.10 bits per heavy atom. The van der Waals surface area contributed by atoms with E-state index < -0.39 is 0 Å². The SMILES string of the molecule is CNC(c1ccc(CC(C)C)cc1)c1cccc(Cl)c1F. The van der Waals surface area contributed by atoms with Crippen molar-refractivity contribution in [3.05, 3.63) is 70.0 Å². The van der Waals surface area contributed by atoms with E-state index in [0.717, 1.165) is 12.0 Å². The van der Waals surface area contributed by atoms with E-state index in [0.29, 0.717) is 11.5 Å². The highest BCUT2D eigenvalue weighted by Gasteiger charge is 2.17. The van der Waals surface area contributed by atoms with Crippen molar-refractivity contribution in [2.75, 3.05) is 7.05 Å². The van der Waals surface area contributed by atoms with Crippen molar-refractivity contribution in [3.63, 3.8) is 0 Å². The molecule has 0 bridgehead atoms. The van der Waals surface area contributed by atoms with Crippen LogP contribution in [-0.4, -0.2) is 7.05 Å². The number of rotatable bonds is 5. The summed E-state index contributed by atoms with van der Waals surface area (Å²) in [4.78, 5) is 0. The normalized spacial score (nSPS) is 12.7. The summed E-state index contributed by atoms with van der Waals surface area (Å²) >= 11 is 5.88. The van der Waals surface area contributed by atoms with Crippen molar-refractivity contribution in [1.29, 1.82) is 0 Å². The molecule has 1 N–H and O–H groups in total. The lowest BCUT2D eigenvalue weighted by molar-refractivity contribution is 0.576. The predicted molar refractivity (Wildman–Crippen MR) is 87.3 cm³/mol. The van der Waals surface area contributed by atoms with Crippen molar-refractivity contribution < 1.29 is 4.39 Å². The van der Waals surface area contributed by atoms with Gasteiger partial charge in [-0.1, -0.05) is 61.8 Å². The Bertz CT molecular complexity index is 593. The molecule has 2 rings (SSSR count). The molecule has 0 radical (unpaired) electrons. The molecule has 0 aromatic heterocycles. The second kappa shape index (κ2) is 7.06. The summed E-state index contributed by atoms with van der Waals surface area (Å²) in [6.45, 7) is 4.40. The number of nitrogens with one attached hydrogen (secondary N) is 1. The van der Waals surface area contributed by atoms with Gasteiger partial charge in [-0.05, 0) is 36.6 Å². The predicted octanol–water partition coefficient (Wildman–Crippen LogP) is 4.99. The van der Waals surface area contributed by atoms with Crippen LogP contribution < -0.4 is 5.32 Å². The van der Waals surface area contributed by atoms with E-state index in [1.54, 1.807) is 18.2 Å². The Hall–Kier alpha value is -1.38. The van der Waals surface area contributed by atoms with Gasteiger partial charge in [0.1, 0.15) is 5.82 Å². The van der Waals surface area contributed by atoms with E-state index in [2.05, 4.69) is 43.4 Å². The molecule has 0 saturated carbocycles. The Balaban J connectivity index is 2.31. The van der Waals surface area contributed by atoms with Crippen molar-refractivity contribution in [3.8, 4) is 0 Å². The van der Waals surface area contributed by atoms with E-state index >= 15 is 0 Å². The summed E-state index contributed by atoms with van der Waals surface area (Å²) in [5.41, 5.74) is 2.91. The molecule has 2 aromatic carbocycles. The first-order valence-corrected chi connectivity index (χ1v) is 7.60. The van der Waals surface area contributed by atoms with Crippen LogP contribution in [0.2, 0.25) is 5.02 Å². The summed E-state index contributed by atoms with van der Waals surface area (Å²) in [5.74, 6) is 0.270. The molecule has 3 heteroatoms. The molecular formula is C18H21ClFN. The first-order valence-electron chi connectivity index (χ1n) is 7.23. The Kier molecular flexibility index (Phi) is 5.38. The summed E-state index contributed by atoms with van der Waals surface area (Å²) in [6.07, 6.45) is 1.05. The van der Waals surface area contributed by atoms with E-state index in [1.165, 1.54) is 5.56 Å². The van der Waals surface area contributed by atoms with Gasteiger partial charge in [-0.3, -0.25) is 0 Å². The third-order valence-corrected chi connectivity index (χ3v) is 3.83. The largest absolute Gasteiger partial charge is 0.309 e. The highest BCUT2D eigenvalue weighted by molar-refractivity contribution is 6.30. The molecule has 1 nitrogen and oxygen atoms in total. The van der Waals surface area contributed by atoms with Crippen LogP contribution in [0, 0.1) is 11.7 Å². The van der Waals surface area contributed by atoms with Crippen LogP contribution in [0.3, 0.4) is 0 Å². The molecule has 0 fully saturated rings. The van der Waals surface area contributed by atoms with Gasteiger partial charge in [0, 0.05) is 5.56 Å². The maximum atomic E-state index is 14.2. The fraction of sp³-hybridized carbons (Fsp3) is 0.333. The number of hydrogen-bond donors (Lipinski definition) is 1. The lowest BCUT2D eigenvalue weighted by atomic mass is 9.95. The van der Waals surface area contributed by atoms with E-state index in [9.17, 15) is 4.39 Å². The molecule has 1 atom stereocenters. The molecule has 0 heterocycles. The quantitative estimate of drug-likeness (QED) is 0.821. The monoisotopic (exact) mass is 305 g/mol. The van der Waals surface area contributed by atoms with Gasteiger partial charge in [0.05, 0.1) is 11.1 Å². The molecule has 0 spiro atoms. The van der Waals surface area contributed by atoms with Crippen LogP contribution in [0.1, 0.15) is 36.6 Å². The third kappa shape index (κ3) is 3.84. The molecule has 1 unspecified atom stereocenters. The first kappa shape index (κ1) is 16.0. The summed E-state index contributed by atoms with van der Waals surface area (Å²) in [6, 6.07) is 13.3. The average Bonchev–Trinajstić information content (AvgIpc) is 2.45. The van der Waals surface area contributed by atoms with Crippen molar-refractivity contribution in [1.82, 2.24) is 5.32 Å². The zero-order valence-corrected chi connectivity index (χ0v) is 13.4. The van der Waals surface area contributed by atoms with Crippen LogP contribution >= 0.6 is 11.6 Å². The van der Waals surface area contributed by atoms with Gasteiger partial charge < -0.3 is 5.32 Å². The van der Waals surface area contributed by atoms with Gasteiger partial charge in [0.15, 0.2) is 0 Å². The summed E-state index contributed by atoms with van der Waals surface area (Å²) in [7, 11) is 1.83. The van der Waals surface area contributed by atoms with Gasteiger partial charge in [0.2, 0.25) is 0 Å². The lowest BCUT2D eigenvalue weighted by Crippen LogP contribution is -2.19. The highest BCUT2D eigenvalue weighted by Crippen LogP contribution is 2.28. The molecule has 0 amide bonds. The van der Waals surface area contributed by atoms with Crippen molar-refractivity contribution in [2.24, 2.45) is 5.92 Å². The maximum absolute atomic E-state index is 14.2. The fourth-order valence-corrected chi connectivity index (χ4v) is 2.74. The molecule has 0 aliphatic rings. The summed E-state index contributed by atoms with van der Waals surface area (Å²) in [5, 5.41) is 3.32. The molecule has 21 heavy (non-hydrogen) atoms. The molecule has 2 aromatic rings. The third-order valence-electron chi connectivity index (χ3n) is 3.54. The standard InChI is InChI=1S/C18H21ClFN/c1-12(2)11-13-7-9-14(10-8-13)18(21-3)15-5-4-6-16(19)17(15)20/h4-10,12,18,21H,11H2,1-3H3. The topological polar surface area (TPSA) is 12.0 Å². The first-order chi connectivity index (χ1) is 10.0. The highest BCUT2D eigenvalue weighted by atomic mass is 35.5. The van der Waals surface area contributed by atoms with Crippen LogP contribution in [0.15, 0.2) is 42.5 Å². The Morgan fingerprint density at radius 3 is 2.33 bits per heavy atom. The van der Waals surface area contributed by atoms with Gasteiger partial charge in [0.25, 0.3) is 0 Å². The van der Waals surface area contributed by atoms with Crippen LogP contribution in [0.4, 0.5) is 4.39 Å². The zero-order valence-electron chi connectivity index (χ0n) is 12.7. The minimum atomic E-state index is -0.357. The minimum Gasteiger partial charge on any atom is -0.309 e. The zero-order chi connectivity index (χ0) is 15.4. The van der Waals surface area contributed by atoms with Crippen LogP contribution in [0.25, 0.3) is 0 Å². The number of hydrogen-bond acceptors (Lipinski definition) is 1. The number of benzene rings is 2. The van der Waals surface area contributed by atoms with Crippen LogP contribution in [-0.2, 0) is 6.42 Å². The Morgan fingerprint density at radius 2 is 1.76 bits per heavy atom. The average molecular weight is 306 g/mol. The van der Waals surface area contributed by atoms with Crippen molar-refractivity contribution >= 4 is 11.6 Å². The van der Waals surface area contributed by atoms with Crippen LogP contribution in [0.5, 0.6) is 0 Å². The van der Waals surface area contributed by atoms with Gasteiger partial charge in [-0.2, -0.15) is 0 Å². The fourth-order valence-electron chi connectivity index (χ4n) is 2.56. The number of halogens is 2. The second-order valence-electron chi connectivity index (χ2n) is 5.70. The second-order valence-corrected chi connectivity index (χ2v) is 6.11. The smallest absolute Gasteiger partial charge is 0.146 e. The van der Waals surface area contributed by atoms with E-state index in [4.69, 9.17) is 11.6 Å². The molecular weight excluding hydrogens is 285 g/mol. The van der Waals surface area contributed by atoms with Crippen molar-refractivity contribution in [2.45, 2.75) is 26.3 Å². The molecule has 0 aliphatic heterocycles. The van der Waals surface area contributed by atoms with Gasteiger partial charge in [-0.25, -0.2) is 4.39 Å². The van der Waals surface area contributed by atoms with Gasteiger partial charge in [-0.15, -0.1) is 0 Å². The van der Waals surface area contributed by atoms with Gasteiger partial charge >= 0.3 is 0 Å².